The first kappa shape index (κ1) is 13.9. The molecule has 1 saturated carbocycles. The van der Waals surface area contributed by atoms with Gasteiger partial charge >= 0.3 is 0 Å². The highest BCUT2D eigenvalue weighted by atomic mass is 32.2. The highest BCUT2D eigenvalue weighted by Crippen LogP contribution is 2.29. The number of hydrogen-bond acceptors (Lipinski definition) is 3. The standard InChI is InChI=1S/C17H22N2S/c1-2-20-16-7-6-15(11-16)19-12-13-5-8-17-14(10-13)4-3-9-18-17/h3-5,8-10,15-16,19H,2,6-7,11-12H2,1H3. The van der Waals surface area contributed by atoms with Crippen LogP contribution in [0.5, 0.6) is 0 Å². The molecule has 2 aromatic rings. The fourth-order valence-electron chi connectivity index (χ4n) is 3.01. The third-order valence-corrected chi connectivity index (χ3v) is 5.28. The van der Waals surface area contributed by atoms with E-state index in [4.69, 9.17) is 0 Å². The Morgan fingerprint density at radius 3 is 3.15 bits per heavy atom. The van der Waals surface area contributed by atoms with Gasteiger partial charge in [-0.2, -0.15) is 11.8 Å². The number of nitrogens with one attached hydrogen (secondary N) is 1. The summed E-state index contributed by atoms with van der Waals surface area (Å²) in [6.45, 7) is 3.23. The molecule has 0 saturated heterocycles. The van der Waals surface area contributed by atoms with Crippen LogP contribution in [0.15, 0.2) is 36.5 Å². The van der Waals surface area contributed by atoms with Crippen LogP contribution in [0.25, 0.3) is 10.9 Å². The number of thioether (sulfide) groups is 1. The van der Waals surface area contributed by atoms with Gasteiger partial charge in [0.15, 0.2) is 0 Å². The zero-order valence-electron chi connectivity index (χ0n) is 12.0. The van der Waals surface area contributed by atoms with Gasteiger partial charge in [0.1, 0.15) is 0 Å². The average molecular weight is 286 g/mol. The first-order valence-electron chi connectivity index (χ1n) is 7.54. The lowest BCUT2D eigenvalue weighted by atomic mass is 10.1. The van der Waals surface area contributed by atoms with Gasteiger partial charge < -0.3 is 5.32 Å². The molecule has 1 aliphatic carbocycles. The summed E-state index contributed by atoms with van der Waals surface area (Å²) < 4.78 is 0. The Labute approximate surface area is 125 Å². The van der Waals surface area contributed by atoms with E-state index in [1.165, 1.54) is 36.0 Å². The van der Waals surface area contributed by atoms with Crippen molar-refractivity contribution in [3.8, 4) is 0 Å². The van der Waals surface area contributed by atoms with Crippen molar-refractivity contribution in [2.75, 3.05) is 5.75 Å². The van der Waals surface area contributed by atoms with Crippen molar-refractivity contribution in [1.29, 1.82) is 0 Å². The van der Waals surface area contributed by atoms with Gasteiger partial charge in [0.05, 0.1) is 5.52 Å². The fourth-order valence-corrected chi connectivity index (χ4v) is 4.15. The van der Waals surface area contributed by atoms with E-state index in [-0.39, 0.29) is 0 Å². The van der Waals surface area contributed by atoms with Gasteiger partial charge in [0, 0.05) is 29.4 Å². The number of nitrogens with zero attached hydrogens (tertiary/aromatic N) is 1. The predicted molar refractivity (Wildman–Crippen MR) is 88.1 cm³/mol. The van der Waals surface area contributed by atoms with Crippen LogP contribution in [0.2, 0.25) is 0 Å². The molecule has 0 aliphatic heterocycles. The van der Waals surface area contributed by atoms with Gasteiger partial charge in [-0.15, -0.1) is 0 Å². The summed E-state index contributed by atoms with van der Waals surface area (Å²) in [6.07, 6.45) is 5.88. The molecule has 1 aromatic carbocycles. The van der Waals surface area contributed by atoms with Crippen LogP contribution < -0.4 is 5.32 Å². The van der Waals surface area contributed by atoms with E-state index in [9.17, 15) is 0 Å². The maximum absolute atomic E-state index is 4.37. The summed E-state index contributed by atoms with van der Waals surface area (Å²) in [5.41, 5.74) is 2.44. The average Bonchev–Trinajstić information content (AvgIpc) is 2.93. The van der Waals surface area contributed by atoms with Crippen LogP contribution in [0.1, 0.15) is 31.7 Å². The number of rotatable bonds is 5. The third-order valence-electron chi connectivity index (χ3n) is 4.05. The molecule has 0 spiro atoms. The van der Waals surface area contributed by atoms with Gasteiger partial charge in [-0.05, 0) is 48.8 Å². The molecule has 1 aromatic heterocycles. The number of hydrogen-bond donors (Lipinski definition) is 1. The summed E-state index contributed by atoms with van der Waals surface area (Å²) in [7, 11) is 0. The Hall–Kier alpha value is -1.06. The van der Waals surface area contributed by atoms with Crippen molar-refractivity contribution >= 4 is 22.7 Å². The summed E-state index contributed by atoms with van der Waals surface area (Å²) in [4.78, 5) is 4.37. The molecule has 0 radical (unpaired) electrons. The van der Waals surface area contributed by atoms with Crippen molar-refractivity contribution in [3.05, 3.63) is 42.1 Å². The summed E-state index contributed by atoms with van der Waals surface area (Å²) in [5, 5.41) is 5.82. The normalized spacial score (nSPS) is 22.4. The Balaban J connectivity index is 1.57. The zero-order chi connectivity index (χ0) is 13.8. The van der Waals surface area contributed by atoms with Crippen molar-refractivity contribution in [3.63, 3.8) is 0 Å². The maximum Gasteiger partial charge on any atom is 0.0702 e. The smallest absolute Gasteiger partial charge is 0.0702 e. The molecule has 3 heteroatoms. The number of pyridine rings is 1. The molecule has 2 unspecified atom stereocenters. The molecule has 1 heterocycles. The van der Waals surface area contributed by atoms with Crippen molar-refractivity contribution in [1.82, 2.24) is 10.3 Å². The van der Waals surface area contributed by atoms with E-state index in [1.807, 2.05) is 12.3 Å². The van der Waals surface area contributed by atoms with E-state index in [0.29, 0.717) is 6.04 Å². The molecule has 0 bridgehead atoms. The SMILES string of the molecule is CCSC1CCC(NCc2ccc3ncccc3c2)C1. The lowest BCUT2D eigenvalue weighted by molar-refractivity contribution is 0.525. The largest absolute Gasteiger partial charge is 0.310 e. The topological polar surface area (TPSA) is 24.9 Å². The van der Waals surface area contributed by atoms with E-state index in [2.05, 4.69) is 53.3 Å². The van der Waals surface area contributed by atoms with Gasteiger partial charge in [-0.3, -0.25) is 4.98 Å². The van der Waals surface area contributed by atoms with Gasteiger partial charge in [0.25, 0.3) is 0 Å². The third kappa shape index (κ3) is 3.33. The number of aromatic nitrogens is 1. The van der Waals surface area contributed by atoms with Crippen LogP contribution in [0, 0.1) is 0 Å². The second kappa shape index (κ2) is 6.59. The summed E-state index contributed by atoms with van der Waals surface area (Å²) in [5.74, 6) is 1.25. The lowest BCUT2D eigenvalue weighted by Crippen LogP contribution is -2.26. The molecule has 106 valence electrons. The molecule has 1 N–H and O–H groups in total. The molecular formula is C17H22N2S. The monoisotopic (exact) mass is 286 g/mol. The Morgan fingerprint density at radius 2 is 2.25 bits per heavy atom. The van der Waals surface area contributed by atoms with Crippen LogP contribution in [0.3, 0.4) is 0 Å². The Kier molecular flexibility index (Phi) is 4.58. The molecular weight excluding hydrogens is 264 g/mol. The molecule has 2 atom stereocenters. The quantitative estimate of drug-likeness (QED) is 0.899. The highest BCUT2D eigenvalue weighted by Gasteiger charge is 2.23. The second-order valence-corrected chi connectivity index (χ2v) is 7.08. The molecule has 1 aliphatic rings. The maximum atomic E-state index is 4.37. The van der Waals surface area contributed by atoms with Crippen LogP contribution in [-0.4, -0.2) is 22.0 Å². The molecule has 20 heavy (non-hydrogen) atoms. The molecule has 1 fully saturated rings. The second-order valence-electron chi connectivity index (χ2n) is 5.50. The van der Waals surface area contributed by atoms with Crippen LogP contribution in [0.4, 0.5) is 0 Å². The first-order chi connectivity index (χ1) is 9.85. The minimum Gasteiger partial charge on any atom is -0.310 e. The number of fused-ring (bicyclic) bond motifs is 1. The minimum absolute atomic E-state index is 0.698. The van der Waals surface area contributed by atoms with Crippen molar-refractivity contribution in [2.45, 2.75) is 44.0 Å². The van der Waals surface area contributed by atoms with E-state index in [1.54, 1.807) is 0 Å². The summed E-state index contributed by atoms with van der Waals surface area (Å²) >= 11 is 2.12. The van der Waals surface area contributed by atoms with E-state index < -0.39 is 0 Å². The van der Waals surface area contributed by atoms with E-state index >= 15 is 0 Å². The van der Waals surface area contributed by atoms with Gasteiger partial charge in [-0.25, -0.2) is 0 Å². The predicted octanol–water partition coefficient (Wildman–Crippen LogP) is 4.00. The van der Waals surface area contributed by atoms with Crippen molar-refractivity contribution < 1.29 is 0 Å². The Morgan fingerprint density at radius 1 is 1.30 bits per heavy atom. The molecule has 3 rings (SSSR count). The molecule has 0 amide bonds. The first-order valence-corrected chi connectivity index (χ1v) is 8.58. The van der Waals surface area contributed by atoms with Crippen molar-refractivity contribution in [2.24, 2.45) is 0 Å². The van der Waals surface area contributed by atoms with Crippen LogP contribution >= 0.6 is 11.8 Å². The molecule has 2 nitrogen and oxygen atoms in total. The zero-order valence-corrected chi connectivity index (χ0v) is 12.8. The van der Waals surface area contributed by atoms with Gasteiger partial charge in [0.2, 0.25) is 0 Å². The highest BCUT2D eigenvalue weighted by molar-refractivity contribution is 7.99. The Bertz CT molecular complexity index is 570. The van der Waals surface area contributed by atoms with Gasteiger partial charge in [-0.1, -0.05) is 19.1 Å². The minimum atomic E-state index is 0.698. The summed E-state index contributed by atoms with van der Waals surface area (Å²) in [6, 6.07) is 11.4. The number of benzene rings is 1. The lowest BCUT2D eigenvalue weighted by Gasteiger charge is -2.13. The fraction of sp³-hybridized carbons (Fsp3) is 0.471. The van der Waals surface area contributed by atoms with E-state index in [0.717, 1.165) is 17.3 Å². The van der Waals surface area contributed by atoms with Crippen LogP contribution in [-0.2, 0) is 6.54 Å².